The van der Waals surface area contributed by atoms with Crippen LogP contribution in [0.1, 0.15) is 5.56 Å². The van der Waals surface area contributed by atoms with Crippen molar-refractivity contribution in [3.8, 4) is 0 Å². The van der Waals surface area contributed by atoms with Crippen LogP contribution in [0.25, 0.3) is 0 Å². The lowest BCUT2D eigenvalue weighted by Gasteiger charge is -2.10. The van der Waals surface area contributed by atoms with Crippen LogP contribution in [0.5, 0.6) is 0 Å². The first-order valence-electron chi connectivity index (χ1n) is 5.29. The summed E-state index contributed by atoms with van der Waals surface area (Å²) in [6.07, 6.45) is 0. The van der Waals surface area contributed by atoms with Crippen LogP contribution in [0.3, 0.4) is 0 Å². The molecular weight excluding hydrogens is 306 g/mol. The monoisotopic (exact) mass is 314 g/mol. The van der Waals surface area contributed by atoms with Crippen molar-refractivity contribution in [2.75, 3.05) is 5.32 Å². The minimum atomic E-state index is -0.404. The van der Waals surface area contributed by atoms with Gasteiger partial charge in [-0.25, -0.2) is 4.39 Å². The second kappa shape index (κ2) is 5.74. The average molecular weight is 315 g/mol. The second-order valence-corrected chi connectivity index (χ2v) is 5.09. The molecule has 3 N–H and O–H groups in total. The number of nitrogens with one attached hydrogen (secondary N) is 1. The van der Waals surface area contributed by atoms with Gasteiger partial charge in [0.15, 0.2) is 0 Å². The molecule has 0 unspecified atom stereocenters. The minimum absolute atomic E-state index is 0.213. The SMILES string of the molecule is NC(=S)c1ccc(Nc2cc(Cl)ccc2F)cc1Cl. The number of hydrogen-bond acceptors (Lipinski definition) is 2. The standard InChI is InChI=1S/C13H9Cl2FN2S/c14-7-1-4-11(16)12(5-7)18-8-2-3-9(13(17)19)10(15)6-8/h1-6,18H,(H2,17,19). The molecule has 0 saturated heterocycles. The molecule has 0 aromatic heterocycles. The lowest BCUT2D eigenvalue weighted by Crippen LogP contribution is -2.10. The summed E-state index contributed by atoms with van der Waals surface area (Å²) in [7, 11) is 0. The third-order valence-electron chi connectivity index (χ3n) is 2.44. The maximum Gasteiger partial charge on any atom is 0.146 e. The lowest BCUT2D eigenvalue weighted by atomic mass is 10.2. The lowest BCUT2D eigenvalue weighted by molar-refractivity contribution is 0.632. The average Bonchev–Trinajstić information content (AvgIpc) is 2.33. The Labute approximate surface area is 125 Å². The Morgan fingerprint density at radius 1 is 1.16 bits per heavy atom. The maximum absolute atomic E-state index is 13.6. The summed E-state index contributed by atoms with van der Waals surface area (Å²) in [5.74, 6) is -0.404. The molecule has 0 aliphatic rings. The van der Waals surface area contributed by atoms with E-state index in [9.17, 15) is 4.39 Å². The number of nitrogens with two attached hydrogens (primary N) is 1. The molecule has 19 heavy (non-hydrogen) atoms. The number of anilines is 2. The molecule has 6 heteroatoms. The molecule has 0 bridgehead atoms. The molecule has 0 amide bonds. The highest BCUT2D eigenvalue weighted by atomic mass is 35.5. The Hall–Kier alpha value is -1.36. The smallest absolute Gasteiger partial charge is 0.146 e. The molecule has 0 radical (unpaired) electrons. The molecule has 2 nitrogen and oxygen atoms in total. The Morgan fingerprint density at radius 2 is 1.89 bits per heavy atom. The van der Waals surface area contributed by atoms with E-state index in [1.807, 2.05) is 0 Å². The third-order valence-corrected chi connectivity index (χ3v) is 3.21. The molecule has 0 heterocycles. The molecule has 2 aromatic rings. The molecule has 98 valence electrons. The topological polar surface area (TPSA) is 38.0 Å². The van der Waals surface area contributed by atoms with Crippen molar-refractivity contribution in [2.24, 2.45) is 5.73 Å². The first-order valence-corrected chi connectivity index (χ1v) is 6.45. The van der Waals surface area contributed by atoms with Crippen molar-refractivity contribution in [1.29, 1.82) is 0 Å². The van der Waals surface area contributed by atoms with Crippen molar-refractivity contribution in [3.05, 3.63) is 57.8 Å². The van der Waals surface area contributed by atoms with E-state index in [1.165, 1.54) is 18.2 Å². The van der Waals surface area contributed by atoms with E-state index in [4.69, 9.17) is 41.2 Å². The van der Waals surface area contributed by atoms with E-state index in [1.54, 1.807) is 18.2 Å². The van der Waals surface area contributed by atoms with Gasteiger partial charge in [0.1, 0.15) is 10.8 Å². The van der Waals surface area contributed by atoms with Gasteiger partial charge in [-0.3, -0.25) is 0 Å². The largest absolute Gasteiger partial charge is 0.389 e. The molecule has 0 saturated carbocycles. The highest BCUT2D eigenvalue weighted by molar-refractivity contribution is 7.80. The van der Waals surface area contributed by atoms with Gasteiger partial charge in [-0.15, -0.1) is 0 Å². The Balaban J connectivity index is 2.31. The zero-order chi connectivity index (χ0) is 14.0. The fourth-order valence-corrected chi connectivity index (χ4v) is 2.23. The van der Waals surface area contributed by atoms with E-state index in [0.29, 0.717) is 21.3 Å². The van der Waals surface area contributed by atoms with E-state index >= 15 is 0 Å². The quantitative estimate of drug-likeness (QED) is 0.819. The second-order valence-electron chi connectivity index (χ2n) is 3.81. The molecule has 0 aliphatic heterocycles. The van der Waals surface area contributed by atoms with Crippen molar-refractivity contribution in [3.63, 3.8) is 0 Å². The fourth-order valence-electron chi connectivity index (χ4n) is 1.54. The van der Waals surface area contributed by atoms with Crippen LogP contribution in [0.15, 0.2) is 36.4 Å². The van der Waals surface area contributed by atoms with Gasteiger partial charge in [0.05, 0.1) is 10.7 Å². The van der Waals surface area contributed by atoms with Gasteiger partial charge in [0.25, 0.3) is 0 Å². The van der Waals surface area contributed by atoms with Crippen LogP contribution >= 0.6 is 35.4 Å². The van der Waals surface area contributed by atoms with Gasteiger partial charge >= 0.3 is 0 Å². The summed E-state index contributed by atoms with van der Waals surface area (Å²) in [6, 6.07) is 9.26. The third kappa shape index (κ3) is 3.35. The van der Waals surface area contributed by atoms with Crippen LogP contribution in [-0.4, -0.2) is 4.99 Å². The molecular formula is C13H9Cl2FN2S. The van der Waals surface area contributed by atoms with E-state index in [-0.39, 0.29) is 10.7 Å². The summed E-state index contributed by atoms with van der Waals surface area (Å²) in [5, 5.41) is 3.73. The van der Waals surface area contributed by atoms with Gasteiger partial charge < -0.3 is 11.1 Å². The summed E-state index contributed by atoms with van der Waals surface area (Å²) in [6.45, 7) is 0. The first-order chi connectivity index (χ1) is 8.97. The number of hydrogen-bond donors (Lipinski definition) is 2. The zero-order valence-electron chi connectivity index (χ0n) is 9.58. The predicted molar refractivity (Wildman–Crippen MR) is 82.0 cm³/mol. The number of benzene rings is 2. The van der Waals surface area contributed by atoms with Crippen LogP contribution in [0.4, 0.5) is 15.8 Å². The number of thiocarbonyl (C=S) groups is 1. The van der Waals surface area contributed by atoms with Crippen molar-refractivity contribution >= 4 is 51.8 Å². The maximum atomic E-state index is 13.6. The minimum Gasteiger partial charge on any atom is -0.389 e. The Morgan fingerprint density at radius 3 is 2.53 bits per heavy atom. The molecule has 0 spiro atoms. The van der Waals surface area contributed by atoms with Gasteiger partial charge in [0.2, 0.25) is 0 Å². The number of halogens is 3. The van der Waals surface area contributed by atoms with Crippen LogP contribution < -0.4 is 11.1 Å². The van der Waals surface area contributed by atoms with Crippen LogP contribution in [0.2, 0.25) is 10.0 Å². The van der Waals surface area contributed by atoms with E-state index in [0.717, 1.165) is 0 Å². The van der Waals surface area contributed by atoms with Crippen LogP contribution in [0, 0.1) is 5.82 Å². The summed E-state index contributed by atoms with van der Waals surface area (Å²) in [5.41, 5.74) is 6.97. The van der Waals surface area contributed by atoms with Gasteiger partial charge in [-0.1, -0.05) is 35.4 Å². The first kappa shape index (κ1) is 14.1. The zero-order valence-corrected chi connectivity index (χ0v) is 11.9. The highest BCUT2D eigenvalue weighted by Gasteiger charge is 2.07. The van der Waals surface area contributed by atoms with Gasteiger partial charge in [-0.2, -0.15) is 0 Å². The summed E-state index contributed by atoms with van der Waals surface area (Å²) < 4.78 is 13.6. The molecule has 0 fully saturated rings. The summed E-state index contributed by atoms with van der Waals surface area (Å²) in [4.78, 5) is 0.213. The molecule has 2 aromatic carbocycles. The fraction of sp³-hybridized carbons (Fsp3) is 0. The van der Waals surface area contributed by atoms with E-state index in [2.05, 4.69) is 5.32 Å². The predicted octanol–water partition coefficient (Wildman–Crippen LogP) is 4.51. The van der Waals surface area contributed by atoms with Crippen molar-refractivity contribution in [1.82, 2.24) is 0 Å². The molecule has 0 aliphatic carbocycles. The Bertz CT molecular complexity index is 647. The van der Waals surface area contributed by atoms with E-state index < -0.39 is 5.82 Å². The summed E-state index contributed by atoms with van der Waals surface area (Å²) >= 11 is 16.7. The Kier molecular flexibility index (Phi) is 4.24. The van der Waals surface area contributed by atoms with Crippen molar-refractivity contribution < 1.29 is 4.39 Å². The number of rotatable bonds is 3. The van der Waals surface area contributed by atoms with Gasteiger partial charge in [-0.05, 0) is 36.4 Å². The van der Waals surface area contributed by atoms with Crippen LogP contribution in [-0.2, 0) is 0 Å². The van der Waals surface area contributed by atoms with Crippen molar-refractivity contribution in [2.45, 2.75) is 0 Å². The molecule has 2 rings (SSSR count). The van der Waals surface area contributed by atoms with Gasteiger partial charge in [0, 0.05) is 16.3 Å². The molecule has 0 atom stereocenters. The highest BCUT2D eigenvalue weighted by Crippen LogP contribution is 2.26. The normalized spacial score (nSPS) is 10.3.